The number of rotatable bonds is 3. The van der Waals surface area contributed by atoms with Gasteiger partial charge in [-0.3, -0.25) is 0 Å². The molecule has 4 heteroatoms. The van der Waals surface area contributed by atoms with Gasteiger partial charge in [0.05, 0.1) is 5.69 Å². The van der Waals surface area contributed by atoms with Crippen molar-refractivity contribution in [3.63, 3.8) is 0 Å². The largest absolute Gasteiger partial charge is 0.355 e. The van der Waals surface area contributed by atoms with Crippen LogP contribution in [0.2, 0.25) is 0 Å². The highest BCUT2D eigenvalue weighted by Crippen LogP contribution is 2.20. The third-order valence-corrected chi connectivity index (χ3v) is 3.91. The highest BCUT2D eigenvalue weighted by molar-refractivity contribution is 5.32. The van der Waals surface area contributed by atoms with Gasteiger partial charge in [-0.15, -0.1) is 0 Å². The topological polar surface area (TPSA) is 52.7 Å². The Balaban J connectivity index is 1.55. The second-order valence-corrected chi connectivity index (χ2v) is 5.31. The normalized spacial score (nSPS) is 24.4. The Morgan fingerprint density at radius 2 is 2.18 bits per heavy atom. The van der Waals surface area contributed by atoms with Crippen LogP contribution in [0.4, 0.5) is 5.95 Å². The van der Waals surface area contributed by atoms with Gasteiger partial charge in [0.2, 0.25) is 5.95 Å². The first-order valence-electron chi connectivity index (χ1n) is 6.94. The van der Waals surface area contributed by atoms with Crippen LogP contribution in [-0.2, 0) is 12.8 Å². The fourth-order valence-electron chi connectivity index (χ4n) is 2.88. The van der Waals surface area contributed by atoms with Gasteiger partial charge in [-0.2, -0.15) is 0 Å². The number of imidazole rings is 1. The van der Waals surface area contributed by atoms with Crippen molar-refractivity contribution in [2.75, 3.05) is 25.0 Å². The quantitative estimate of drug-likeness (QED) is 0.746. The molecule has 1 aliphatic carbocycles. The van der Waals surface area contributed by atoms with Crippen LogP contribution in [0.5, 0.6) is 0 Å². The number of nitrogens with zero attached hydrogens (tertiary/aromatic N) is 1. The van der Waals surface area contributed by atoms with E-state index in [9.17, 15) is 0 Å². The van der Waals surface area contributed by atoms with Crippen molar-refractivity contribution in [2.24, 2.45) is 5.92 Å². The van der Waals surface area contributed by atoms with E-state index in [0.717, 1.165) is 31.4 Å². The maximum atomic E-state index is 4.65. The van der Waals surface area contributed by atoms with Crippen molar-refractivity contribution >= 4 is 5.95 Å². The van der Waals surface area contributed by atoms with E-state index in [-0.39, 0.29) is 0 Å². The minimum Gasteiger partial charge on any atom is -0.355 e. The number of anilines is 1. The zero-order valence-electron chi connectivity index (χ0n) is 10.4. The summed E-state index contributed by atoms with van der Waals surface area (Å²) in [6.45, 7) is 3.37. The summed E-state index contributed by atoms with van der Waals surface area (Å²) in [5, 5.41) is 6.91. The molecular formula is C13H22N4. The second kappa shape index (κ2) is 5.08. The van der Waals surface area contributed by atoms with Gasteiger partial charge in [0.15, 0.2) is 0 Å². The molecule has 0 radical (unpaired) electrons. The molecule has 17 heavy (non-hydrogen) atoms. The lowest BCUT2D eigenvalue weighted by Crippen LogP contribution is -2.33. The highest BCUT2D eigenvalue weighted by Gasteiger charge is 2.16. The number of nitrogens with one attached hydrogen (secondary N) is 3. The van der Waals surface area contributed by atoms with Crippen LogP contribution >= 0.6 is 0 Å². The number of piperidine rings is 1. The third kappa shape index (κ3) is 2.63. The lowest BCUT2D eigenvalue weighted by Gasteiger charge is -2.22. The number of aromatic amines is 1. The van der Waals surface area contributed by atoms with Crippen molar-refractivity contribution < 1.29 is 0 Å². The Labute approximate surface area is 103 Å². The summed E-state index contributed by atoms with van der Waals surface area (Å²) in [7, 11) is 0. The van der Waals surface area contributed by atoms with Crippen LogP contribution in [-0.4, -0.2) is 29.6 Å². The lowest BCUT2D eigenvalue weighted by molar-refractivity contribution is 0.392. The zero-order valence-corrected chi connectivity index (χ0v) is 10.4. The van der Waals surface area contributed by atoms with Crippen LogP contribution in [0.15, 0.2) is 0 Å². The van der Waals surface area contributed by atoms with Crippen molar-refractivity contribution in [3.05, 3.63) is 11.4 Å². The van der Waals surface area contributed by atoms with E-state index in [2.05, 4.69) is 20.6 Å². The first-order valence-corrected chi connectivity index (χ1v) is 6.94. The molecular weight excluding hydrogens is 212 g/mol. The van der Waals surface area contributed by atoms with Gasteiger partial charge in [-0.1, -0.05) is 0 Å². The fourth-order valence-corrected chi connectivity index (χ4v) is 2.88. The average Bonchev–Trinajstić information content (AvgIpc) is 2.80. The van der Waals surface area contributed by atoms with Crippen LogP contribution in [0.25, 0.3) is 0 Å². The summed E-state index contributed by atoms with van der Waals surface area (Å²) in [5.74, 6) is 1.74. The Kier molecular flexibility index (Phi) is 3.31. The van der Waals surface area contributed by atoms with E-state index >= 15 is 0 Å². The van der Waals surface area contributed by atoms with Crippen LogP contribution in [0, 0.1) is 5.92 Å². The first kappa shape index (κ1) is 11.1. The lowest BCUT2D eigenvalue weighted by atomic mass is 10.00. The molecule has 1 aromatic heterocycles. The van der Waals surface area contributed by atoms with Gasteiger partial charge in [-0.05, 0) is 57.5 Å². The van der Waals surface area contributed by atoms with E-state index in [4.69, 9.17) is 0 Å². The summed E-state index contributed by atoms with van der Waals surface area (Å²) in [6.07, 6.45) is 7.57. The van der Waals surface area contributed by atoms with Gasteiger partial charge in [0.1, 0.15) is 0 Å². The Morgan fingerprint density at radius 3 is 3.00 bits per heavy atom. The summed E-state index contributed by atoms with van der Waals surface area (Å²) in [6, 6.07) is 0. The standard InChI is InChI=1S/C13H22N4/c1-2-6-12-11(5-1)16-13(17-12)15-9-10-4-3-7-14-8-10/h10,14H,1-9H2,(H2,15,16,17). The van der Waals surface area contributed by atoms with Crippen molar-refractivity contribution in [3.8, 4) is 0 Å². The monoisotopic (exact) mass is 234 g/mol. The summed E-state index contributed by atoms with van der Waals surface area (Å²) in [5.41, 5.74) is 2.65. The fraction of sp³-hybridized carbons (Fsp3) is 0.769. The highest BCUT2D eigenvalue weighted by atomic mass is 15.1. The van der Waals surface area contributed by atoms with Crippen molar-refractivity contribution in [2.45, 2.75) is 38.5 Å². The van der Waals surface area contributed by atoms with Gasteiger partial charge < -0.3 is 15.6 Å². The maximum absolute atomic E-state index is 4.65. The van der Waals surface area contributed by atoms with E-state index in [1.165, 1.54) is 50.0 Å². The molecule has 1 fully saturated rings. The number of aryl methyl sites for hydroxylation is 2. The molecule has 1 saturated heterocycles. The molecule has 0 saturated carbocycles. The molecule has 1 atom stereocenters. The summed E-state index contributed by atoms with van der Waals surface area (Å²) < 4.78 is 0. The van der Waals surface area contributed by atoms with E-state index in [1.807, 2.05) is 0 Å². The number of hydrogen-bond donors (Lipinski definition) is 3. The minimum atomic E-state index is 0.755. The van der Waals surface area contributed by atoms with Crippen LogP contribution < -0.4 is 10.6 Å². The molecule has 2 aliphatic rings. The molecule has 2 heterocycles. The third-order valence-electron chi connectivity index (χ3n) is 3.91. The molecule has 94 valence electrons. The van der Waals surface area contributed by atoms with Gasteiger partial charge in [0, 0.05) is 12.2 Å². The molecule has 0 amide bonds. The number of hydrogen-bond acceptors (Lipinski definition) is 3. The summed E-state index contributed by atoms with van der Waals surface area (Å²) in [4.78, 5) is 8.08. The molecule has 1 unspecified atom stereocenters. The molecule has 3 rings (SSSR count). The van der Waals surface area contributed by atoms with E-state index in [0.29, 0.717) is 0 Å². The number of fused-ring (bicyclic) bond motifs is 1. The van der Waals surface area contributed by atoms with Crippen LogP contribution in [0.1, 0.15) is 37.1 Å². The predicted octanol–water partition coefficient (Wildman–Crippen LogP) is 1.70. The van der Waals surface area contributed by atoms with Gasteiger partial charge >= 0.3 is 0 Å². The molecule has 1 aliphatic heterocycles. The van der Waals surface area contributed by atoms with Gasteiger partial charge in [0.25, 0.3) is 0 Å². The van der Waals surface area contributed by atoms with Crippen molar-refractivity contribution in [1.82, 2.24) is 15.3 Å². The molecule has 4 nitrogen and oxygen atoms in total. The zero-order chi connectivity index (χ0) is 11.5. The average molecular weight is 234 g/mol. The van der Waals surface area contributed by atoms with Gasteiger partial charge in [-0.25, -0.2) is 4.98 Å². The molecule has 0 aromatic carbocycles. The van der Waals surface area contributed by atoms with Crippen LogP contribution in [0.3, 0.4) is 0 Å². The second-order valence-electron chi connectivity index (χ2n) is 5.31. The predicted molar refractivity (Wildman–Crippen MR) is 69.3 cm³/mol. The number of H-pyrrole nitrogens is 1. The smallest absolute Gasteiger partial charge is 0.200 e. The molecule has 1 aromatic rings. The van der Waals surface area contributed by atoms with E-state index < -0.39 is 0 Å². The van der Waals surface area contributed by atoms with E-state index in [1.54, 1.807) is 0 Å². The molecule has 3 N–H and O–H groups in total. The Hall–Kier alpha value is -1.03. The Bertz CT molecular complexity index is 342. The minimum absolute atomic E-state index is 0.755. The first-order chi connectivity index (χ1) is 8.42. The molecule has 0 spiro atoms. The molecule has 0 bridgehead atoms. The maximum Gasteiger partial charge on any atom is 0.200 e. The summed E-state index contributed by atoms with van der Waals surface area (Å²) >= 11 is 0. The Morgan fingerprint density at radius 1 is 1.24 bits per heavy atom. The number of aromatic nitrogens is 2. The van der Waals surface area contributed by atoms with Crippen molar-refractivity contribution in [1.29, 1.82) is 0 Å². The SMILES string of the molecule is C1CCc2[nH]c(NCC3CCCNC3)nc2C1.